The molecule has 1 atom stereocenters. The molecule has 134 valence electrons. The number of hydrogen-bond acceptors (Lipinski definition) is 3. The quantitative estimate of drug-likeness (QED) is 0.516. The molecule has 2 aromatic rings. The Bertz CT molecular complexity index is 748. The third kappa shape index (κ3) is 6.14. The van der Waals surface area contributed by atoms with Gasteiger partial charge in [-0.15, -0.1) is 13.2 Å². The number of fused-ring (bicyclic) bond motifs is 1. The SMILES string of the molecule is CC=CC(=CC(C)CCNc1cccc2cccnc12)OC(F)(F)F. The number of aromatic nitrogens is 1. The summed E-state index contributed by atoms with van der Waals surface area (Å²) in [5, 5.41) is 4.34. The van der Waals surface area contributed by atoms with Crippen molar-refractivity contribution in [3.8, 4) is 0 Å². The number of alkyl halides is 3. The molecule has 1 aromatic carbocycles. The molecule has 25 heavy (non-hydrogen) atoms. The molecule has 6 heteroatoms. The van der Waals surface area contributed by atoms with E-state index in [0.29, 0.717) is 13.0 Å². The number of anilines is 1. The van der Waals surface area contributed by atoms with Crippen LogP contribution in [0.15, 0.2) is 60.5 Å². The van der Waals surface area contributed by atoms with E-state index in [2.05, 4.69) is 15.0 Å². The minimum Gasteiger partial charge on any atom is -0.406 e. The van der Waals surface area contributed by atoms with Gasteiger partial charge in [-0.3, -0.25) is 4.98 Å². The monoisotopic (exact) mass is 350 g/mol. The summed E-state index contributed by atoms with van der Waals surface area (Å²) < 4.78 is 41.2. The van der Waals surface area contributed by atoms with E-state index in [1.54, 1.807) is 13.1 Å². The van der Waals surface area contributed by atoms with E-state index in [4.69, 9.17) is 0 Å². The summed E-state index contributed by atoms with van der Waals surface area (Å²) in [5.41, 5.74) is 1.79. The van der Waals surface area contributed by atoms with Crippen molar-refractivity contribution in [2.75, 3.05) is 11.9 Å². The molecule has 0 saturated carbocycles. The number of para-hydroxylation sites is 1. The predicted octanol–water partition coefficient (Wildman–Crippen LogP) is 5.67. The van der Waals surface area contributed by atoms with E-state index >= 15 is 0 Å². The van der Waals surface area contributed by atoms with Gasteiger partial charge in [-0.2, -0.15) is 0 Å². The van der Waals surface area contributed by atoms with Crippen molar-refractivity contribution in [1.29, 1.82) is 0 Å². The minimum absolute atomic E-state index is 0.0796. The van der Waals surface area contributed by atoms with Gasteiger partial charge in [0.15, 0.2) is 0 Å². The molecular formula is C19H21F3N2O. The number of hydrogen-bond donors (Lipinski definition) is 1. The van der Waals surface area contributed by atoms with Crippen molar-refractivity contribution in [1.82, 2.24) is 4.98 Å². The Kier molecular flexibility index (Phi) is 6.44. The Morgan fingerprint density at radius 3 is 2.76 bits per heavy atom. The first-order chi connectivity index (χ1) is 11.9. The standard InChI is InChI=1S/C19H21F3N2O/c1-3-6-16(25-19(20,21)22)13-14(2)10-12-23-17-9-4-7-15-8-5-11-24-18(15)17/h3-9,11,13-14,23H,10,12H2,1-2H3. The molecule has 0 spiro atoms. The van der Waals surface area contributed by atoms with Gasteiger partial charge >= 0.3 is 6.36 Å². The topological polar surface area (TPSA) is 34.2 Å². The first kappa shape index (κ1) is 18.8. The fourth-order valence-corrected chi connectivity index (χ4v) is 2.47. The fraction of sp³-hybridized carbons (Fsp3) is 0.316. The van der Waals surface area contributed by atoms with Crippen molar-refractivity contribution in [3.63, 3.8) is 0 Å². The maximum absolute atomic E-state index is 12.4. The third-order valence-electron chi connectivity index (χ3n) is 3.56. The molecule has 0 amide bonds. The molecule has 2 rings (SSSR count). The highest BCUT2D eigenvalue weighted by Gasteiger charge is 2.31. The molecule has 1 N–H and O–H groups in total. The Hall–Kier alpha value is -2.50. The highest BCUT2D eigenvalue weighted by Crippen LogP contribution is 2.24. The second kappa shape index (κ2) is 8.55. The van der Waals surface area contributed by atoms with Crippen molar-refractivity contribution < 1.29 is 17.9 Å². The summed E-state index contributed by atoms with van der Waals surface area (Å²) in [6.07, 6.45) is 2.02. The Labute approximate surface area is 145 Å². The van der Waals surface area contributed by atoms with Gasteiger partial charge in [0.1, 0.15) is 5.76 Å². The maximum atomic E-state index is 12.4. The summed E-state index contributed by atoms with van der Waals surface area (Å²) in [6.45, 7) is 4.11. The van der Waals surface area contributed by atoms with Crippen LogP contribution in [0.4, 0.5) is 18.9 Å². The maximum Gasteiger partial charge on any atom is 0.573 e. The first-order valence-electron chi connectivity index (χ1n) is 8.07. The van der Waals surface area contributed by atoms with Gasteiger partial charge in [0.25, 0.3) is 0 Å². The lowest BCUT2D eigenvalue weighted by Gasteiger charge is -2.14. The number of benzene rings is 1. The molecule has 0 fully saturated rings. The number of halogens is 3. The van der Waals surface area contributed by atoms with Gasteiger partial charge in [0.2, 0.25) is 0 Å². The van der Waals surface area contributed by atoms with E-state index < -0.39 is 6.36 Å². The second-order valence-corrected chi connectivity index (χ2v) is 5.69. The summed E-state index contributed by atoms with van der Waals surface area (Å²) in [5.74, 6) is -0.265. The molecule has 0 radical (unpaired) electrons. The molecule has 3 nitrogen and oxygen atoms in total. The molecular weight excluding hydrogens is 329 g/mol. The zero-order valence-corrected chi connectivity index (χ0v) is 14.2. The Morgan fingerprint density at radius 1 is 1.28 bits per heavy atom. The Balaban J connectivity index is 1.96. The number of ether oxygens (including phenoxy) is 1. The summed E-state index contributed by atoms with van der Waals surface area (Å²) in [6, 6.07) is 9.72. The third-order valence-corrected chi connectivity index (χ3v) is 3.56. The van der Waals surface area contributed by atoms with Crippen LogP contribution < -0.4 is 5.32 Å². The van der Waals surface area contributed by atoms with Crippen LogP contribution in [0, 0.1) is 5.92 Å². The first-order valence-corrected chi connectivity index (χ1v) is 8.07. The smallest absolute Gasteiger partial charge is 0.406 e. The summed E-state index contributed by atoms with van der Waals surface area (Å²) in [7, 11) is 0. The molecule has 1 unspecified atom stereocenters. The number of pyridine rings is 1. The molecule has 0 aliphatic rings. The molecule has 0 saturated heterocycles. The van der Waals surface area contributed by atoms with Crippen LogP contribution in [0.1, 0.15) is 20.3 Å². The molecule has 0 aliphatic heterocycles. The van der Waals surface area contributed by atoms with Crippen LogP contribution in [-0.2, 0) is 4.74 Å². The van der Waals surface area contributed by atoms with E-state index in [1.165, 1.54) is 18.2 Å². The van der Waals surface area contributed by atoms with E-state index in [0.717, 1.165) is 16.6 Å². The lowest BCUT2D eigenvalue weighted by Crippen LogP contribution is -2.13. The minimum atomic E-state index is -4.68. The van der Waals surface area contributed by atoms with Crippen molar-refractivity contribution in [2.45, 2.75) is 26.6 Å². The average Bonchev–Trinajstić information content (AvgIpc) is 2.54. The zero-order valence-electron chi connectivity index (χ0n) is 14.2. The van der Waals surface area contributed by atoms with Crippen LogP contribution in [0.25, 0.3) is 10.9 Å². The van der Waals surface area contributed by atoms with Gasteiger partial charge in [-0.25, -0.2) is 0 Å². The predicted molar refractivity (Wildman–Crippen MR) is 94.1 cm³/mol. The van der Waals surface area contributed by atoms with Crippen LogP contribution in [0.2, 0.25) is 0 Å². The fourth-order valence-electron chi connectivity index (χ4n) is 2.47. The van der Waals surface area contributed by atoms with Crippen LogP contribution >= 0.6 is 0 Å². The van der Waals surface area contributed by atoms with Crippen molar-refractivity contribution in [3.05, 3.63) is 60.5 Å². The number of rotatable bonds is 7. The van der Waals surface area contributed by atoms with Crippen LogP contribution in [-0.4, -0.2) is 17.9 Å². The Morgan fingerprint density at radius 2 is 2.04 bits per heavy atom. The van der Waals surface area contributed by atoms with Crippen molar-refractivity contribution in [2.24, 2.45) is 5.92 Å². The van der Waals surface area contributed by atoms with E-state index in [9.17, 15) is 13.2 Å². The van der Waals surface area contributed by atoms with Gasteiger partial charge in [-0.1, -0.05) is 31.2 Å². The van der Waals surface area contributed by atoms with E-state index in [1.807, 2.05) is 37.3 Å². The summed E-state index contributed by atoms with van der Waals surface area (Å²) >= 11 is 0. The zero-order chi connectivity index (χ0) is 18.3. The lowest BCUT2D eigenvalue weighted by atomic mass is 10.1. The van der Waals surface area contributed by atoms with Crippen LogP contribution in [0.5, 0.6) is 0 Å². The molecule has 0 bridgehead atoms. The molecule has 1 aromatic heterocycles. The second-order valence-electron chi connectivity index (χ2n) is 5.69. The normalized spacial score (nSPS) is 14.0. The number of allylic oxidation sites excluding steroid dienone is 3. The largest absolute Gasteiger partial charge is 0.573 e. The molecule has 1 heterocycles. The summed E-state index contributed by atoms with van der Waals surface area (Å²) in [4.78, 5) is 4.36. The average molecular weight is 350 g/mol. The van der Waals surface area contributed by atoms with E-state index in [-0.39, 0.29) is 11.7 Å². The van der Waals surface area contributed by atoms with Gasteiger partial charge in [-0.05, 0) is 43.5 Å². The highest BCUT2D eigenvalue weighted by atomic mass is 19.4. The van der Waals surface area contributed by atoms with Crippen LogP contribution in [0.3, 0.4) is 0 Å². The molecule has 0 aliphatic carbocycles. The lowest BCUT2D eigenvalue weighted by molar-refractivity contribution is -0.303. The number of nitrogens with one attached hydrogen (secondary N) is 1. The van der Waals surface area contributed by atoms with Gasteiger partial charge < -0.3 is 10.1 Å². The highest BCUT2D eigenvalue weighted by molar-refractivity contribution is 5.90. The van der Waals surface area contributed by atoms with Crippen molar-refractivity contribution >= 4 is 16.6 Å². The van der Waals surface area contributed by atoms with Gasteiger partial charge in [0.05, 0.1) is 11.2 Å². The number of nitrogens with zero attached hydrogens (tertiary/aromatic N) is 1. The van der Waals surface area contributed by atoms with Gasteiger partial charge in [0, 0.05) is 18.1 Å².